The maximum atomic E-state index is 12.6. The second-order valence-corrected chi connectivity index (χ2v) is 9.44. The van der Waals surface area contributed by atoms with E-state index in [9.17, 15) is 18.0 Å². The Bertz CT molecular complexity index is 1470. The van der Waals surface area contributed by atoms with E-state index in [4.69, 9.17) is 20.4 Å². The first kappa shape index (κ1) is 26.5. The lowest BCUT2D eigenvalue weighted by Gasteiger charge is -2.35. The van der Waals surface area contributed by atoms with E-state index in [0.717, 1.165) is 16.5 Å². The van der Waals surface area contributed by atoms with E-state index >= 15 is 0 Å². The first-order valence-electron chi connectivity index (χ1n) is 12.4. The minimum atomic E-state index is -5.13. The van der Waals surface area contributed by atoms with Gasteiger partial charge in [0, 0.05) is 41.4 Å². The van der Waals surface area contributed by atoms with Gasteiger partial charge in [0.1, 0.15) is 0 Å². The molecule has 1 fully saturated rings. The number of nitrogens with zero attached hydrogens (tertiary/aromatic N) is 4. The van der Waals surface area contributed by atoms with E-state index in [1.807, 2.05) is 50.2 Å². The first-order chi connectivity index (χ1) is 18.6. The van der Waals surface area contributed by atoms with Crippen molar-refractivity contribution < 1.29 is 27.4 Å². The lowest BCUT2D eigenvalue weighted by molar-refractivity contribution is -0.205. The number of carbonyl (C=O) groups is 1. The highest BCUT2D eigenvalue weighted by molar-refractivity contribution is 5.90. The van der Waals surface area contributed by atoms with Gasteiger partial charge in [-0.05, 0) is 25.5 Å². The quantitative estimate of drug-likeness (QED) is 0.279. The molecule has 202 valence electrons. The predicted octanol–water partition coefficient (Wildman–Crippen LogP) is 5.04. The number of esters is 1. The minimum Gasteiger partial charge on any atom is -0.436 e. The van der Waals surface area contributed by atoms with E-state index < -0.39 is 18.4 Å². The summed E-state index contributed by atoms with van der Waals surface area (Å²) in [5, 5.41) is 0.758. The molecule has 1 saturated heterocycles. The number of aromatic nitrogens is 3. The summed E-state index contributed by atoms with van der Waals surface area (Å²) in [6.45, 7) is 5.33. The van der Waals surface area contributed by atoms with Crippen LogP contribution in [0.25, 0.3) is 33.4 Å². The van der Waals surface area contributed by atoms with Crippen molar-refractivity contribution in [2.24, 2.45) is 5.73 Å². The maximum Gasteiger partial charge on any atom is 0.490 e. The summed E-state index contributed by atoms with van der Waals surface area (Å²) in [5.41, 5.74) is 9.45. The van der Waals surface area contributed by atoms with Crippen molar-refractivity contribution in [3.05, 3.63) is 72.4 Å². The first-order valence-corrected chi connectivity index (χ1v) is 12.4. The van der Waals surface area contributed by atoms with Crippen LogP contribution in [0.15, 0.2) is 66.9 Å². The Balaban J connectivity index is 1.53. The molecule has 1 aliphatic rings. The number of hydrogen-bond donors (Lipinski definition) is 1. The molecule has 3 heterocycles. The van der Waals surface area contributed by atoms with Gasteiger partial charge >= 0.3 is 12.1 Å². The van der Waals surface area contributed by atoms with Crippen LogP contribution >= 0.6 is 0 Å². The van der Waals surface area contributed by atoms with Crippen molar-refractivity contribution in [2.45, 2.75) is 38.5 Å². The number of halogens is 3. The van der Waals surface area contributed by atoms with Crippen molar-refractivity contribution in [1.29, 1.82) is 0 Å². The molecule has 0 spiro atoms. The molecule has 2 aromatic heterocycles. The molecule has 11 heteroatoms. The van der Waals surface area contributed by atoms with Crippen LogP contribution in [0.5, 0.6) is 0 Å². The third-order valence-electron chi connectivity index (χ3n) is 6.32. The van der Waals surface area contributed by atoms with Crippen molar-refractivity contribution in [3.8, 4) is 22.4 Å². The van der Waals surface area contributed by atoms with E-state index in [1.54, 1.807) is 18.3 Å². The molecule has 1 aliphatic heterocycles. The number of fused-ring (bicyclic) bond motifs is 1. The Morgan fingerprint density at radius 3 is 2.33 bits per heavy atom. The van der Waals surface area contributed by atoms with E-state index in [2.05, 4.69) is 14.6 Å². The minimum absolute atomic E-state index is 0.0392. The van der Waals surface area contributed by atoms with Crippen LogP contribution in [-0.2, 0) is 14.3 Å². The molecule has 0 saturated carbocycles. The van der Waals surface area contributed by atoms with Gasteiger partial charge in [0.2, 0.25) is 5.95 Å². The van der Waals surface area contributed by atoms with Crippen molar-refractivity contribution in [2.75, 3.05) is 18.0 Å². The molecular formula is C28H26F3N5O3. The standard InChI is InChI=1S/C28H26F3N5O3/c1-16-14-36(15-17(2)38-16)27-33-13-21-12-22(18-6-4-3-5-7-18)23(34-25(21)35-27)19-8-10-20(11-9-19)24(32)39-26(37)28(29,30)31/h3-13,16-17,24H,14-15,32H2,1-2H3/t16-,17+,24?. The van der Waals surface area contributed by atoms with Gasteiger partial charge in [-0.15, -0.1) is 0 Å². The average Bonchev–Trinajstić information content (AvgIpc) is 2.91. The lowest BCUT2D eigenvalue weighted by Crippen LogP contribution is -2.46. The number of morpholine rings is 1. The summed E-state index contributed by atoms with van der Waals surface area (Å²) in [6.07, 6.45) is -4.87. The number of rotatable bonds is 5. The molecule has 0 aliphatic carbocycles. The zero-order valence-electron chi connectivity index (χ0n) is 21.2. The molecule has 0 amide bonds. The highest BCUT2D eigenvalue weighted by Gasteiger charge is 2.42. The number of pyridine rings is 1. The Morgan fingerprint density at radius 2 is 1.69 bits per heavy atom. The molecular weight excluding hydrogens is 511 g/mol. The van der Waals surface area contributed by atoms with Gasteiger partial charge in [-0.3, -0.25) is 5.73 Å². The summed E-state index contributed by atoms with van der Waals surface area (Å²) in [6, 6.07) is 18.0. The third-order valence-corrected chi connectivity index (χ3v) is 6.32. The number of anilines is 1. The predicted molar refractivity (Wildman–Crippen MR) is 140 cm³/mol. The molecule has 8 nitrogen and oxygen atoms in total. The summed E-state index contributed by atoms with van der Waals surface area (Å²) in [5.74, 6) is -1.79. The van der Waals surface area contributed by atoms with Crippen LogP contribution < -0.4 is 10.6 Å². The van der Waals surface area contributed by atoms with Gasteiger partial charge in [-0.25, -0.2) is 14.8 Å². The SMILES string of the molecule is C[C@@H]1CN(c2ncc3cc(-c4ccccc4)c(-c4ccc(C(N)OC(=O)C(F)(F)F)cc4)nc3n2)C[C@H](C)O1. The molecule has 3 atom stereocenters. The second-order valence-electron chi connectivity index (χ2n) is 9.44. The zero-order valence-corrected chi connectivity index (χ0v) is 21.2. The normalized spacial score (nSPS) is 18.7. The Kier molecular flexibility index (Phi) is 7.19. The number of nitrogens with two attached hydrogens (primary N) is 1. The van der Waals surface area contributed by atoms with Crippen LogP contribution in [0.4, 0.5) is 19.1 Å². The molecule has 39 heavy (non-hydrogen) atoms. The Labute approximate surface area is 222 Å². The zero-order chi connectivity index (χ0) is 27.7. The van der Waals surface area contributed by atoms with E-state index in [1.165, 1.54) is 12.1 Å². The Morgan fingerprint density at radius 1 is 1.03 bits per heavy atom. The van der Waals surface area contributed by atoms with Crippen LogP contribution in [-0.4, -0.2) is 52.4 Å². The summed E-state index contributed by atoms with van der Waals surface area (Å²) in [4.78, 5) is 27.5. The van der Waals surface area contributed by atoms with E-state index in [-0.39, 0.29) is 17.8 Å². The Hall–Kier alpha value is -4.09. The summed E-state index contributed by atoms with van der Waals surface area (Å²) >= 11 is 0. The molecule has 0 bridgehead atoms. The van der Waals surface area contributed by atoms with Gasteiger partial charge in [-0.2, -0.15) is 18.2 Å². The van der Waals surface area contributed by atoms with Gasteiger partial charge in [0.05, 0.1) is 17.9 Å². The van der Waals surface area contributed by atoms with Crippen LogP contribution in [0.1, 0.15) is 25.6 Å². The lowest BCUT2D eigenvalue weighted by atomic mass is 9.97. The highest BCUT2D eigenvalue weighted by atomic mass is 19.4. The number of carbonyl (C=O) groups excluding carboxylic acids is 1. The summed E-state index contributed by atoms with van der Waals surface area (Å²) in [7, 11) is 0. The molecule has 0 radical (unpaired) electrons. The van der Waals surface area contributed by atoms with Gasteiger partial charge < -0.3 is 14.4 Å². The molecule has 2 N–H and O–H groups in total. The molecule has 5 rings (SSSR count). The van der Waals surface area contributed by atoms with E-state index in [0.29, 0.717) is 35.9 Å². The van der Waals surface area contributed by atoms with Crippen molar-refractivity contribution in [1.82, 2.24) is 15.0 Å². The fraction of sp³-hybridized carbons (Fsp3) is 0.286. The van der Waals surface area contributed by atoms with Gasteiger partial charge in [0.25, 0.3) is 0 Å². The fourth-order valence-electron chi connectivity index (χ4n) is 4.59. The third kappa shape index (κ3) is 5.84. The number of ether oxygens (including phenoxy) is 2. The molecule has 1 unspecified atom stereocenters. The molecule has 2 aromatic carbocycles. The second kappa shape index (κ2) is 10.6. The van der Waals surface area contributed by atoms with Crippen LogP contribution in [0.3, 0.4) is 0 Å². The monoisotopic (exact) mass is 537 g/mol. The average molecular weight is 538 g/mol. The largest absolute Gasteiger partial charge is 0.490 e. The number of hydrogen-bond acceptors (Lipinski definition) is 8. The number of benzene rings is 2. The number of alkyl halides is 3. The van der Waals surface area contributed by atoms with Crippen LogP contribution in [0.2, 0.25) is 0 Å². The van der Waals surface area contributed by atoms with Crippen molar-refractivity contribution in [3.63, 3.8) is 0 Å². The van der Waals surface area contributed by atoms with Crippen molar-refractivity contribution >= 4 is 23.0 Å². The van der Waals surface area contributed by atoms with Gasteiger partial charge in [-0.1, -0.05) is 54.6 Å². The smallest absolute Gasteiger partial charge is 0.436 e. The van der Waals surface area contributed by atoms with Gasteiger partial charge in [0.15, 0.2) is 11.9 Å². The van der Waals surface area contributed by atoms with Crippen LogP contribution in [0, 0.1) is 0 Å². The summed E-state index contributed by atoms with van der Waals surface area (Å²) < 4.78 is 47.9. The topological polar surface area (TPSA) is 103 Å². The highest BCUT2D eigenvalue weighted by Crippen LogP contribution is 2.34. The molecule has 4 aromatic rings. The maximum absolute atomic E-state index is 12.6. The fourth-order valence-corrected chi connectivity index (χ4v) is 4.59.